The highest BCUT2D eigenvalue weighted by Crippen LogP contribution is 2.23. The minimum Gasteiger partial charge on any atom is -0.482 e. The van der Waals surface area contributed by atoms with Crippen molar-refractivity contribution in [2.24, 2.45) is 0 Å². The van der Waals surface area contributed by atoms with Crippen LogP contribution in [0.3, 0.4) is 0 Å². The van der Waals surface area contributed by atoms with Crippen LogP contribution in [0.5, 0.6) is 5.75 Å². The van der Waals surface area contributed by atoms with E-state index in [0.717, 1.165) is 5.69 Å². The Hall–Kier alpha value is -2.44. The molecule has 1 heterocycles. The van der Waals surface area contributed by atoms with Gasteiger partial charge in [0.05, 0.1) is 6.61 Å². The largest absolute Gasteiger partial charge is 0.482 e. The van der Waals surface area contributed by atoms with Crippen LogP contribution in [0.1, 0.15) is 27.7 Å². The van der Waals surface area contributed by atoms with Gasteiger partial charge in [0.25, 0.3) is 0 Å². The number of carbonyl (C=O) groups excluding carboxylic acids is 2. The molecule has 1 amide bonds. The lowest BCUT2D eigenvalue weighted by atomic mass is 10.2. The first-order valence-corrected chi connectivity index (χ1v) is 8.90. The van der Waals surface area contributed by atoms with Crippen LogP contribution in [0, 0.1) is 0 Å². The SMILES string of the molecule is CCOC(=O)COc1cccc(N2CCN(C(=O)OC(C)(C)C)CC2)c1. The quantitative estimate of drug-likeness (QED) is 0.749. The normalized spacial score (nSPS) is 14.8. The van der Waals surface area contributed by atoms with Gasteiger partial charge in [-0.1, -0.05) is 6.07 Å². The third kappa shape index (κ3) is 6.13. The molecule has 1 saturated heterocycles. The average Bonchev–Trinajstić information content (AvgIpc) is 2.59. The van der Waals surface area contributed by atoms with Gasteiger partial charge in [0, 0.05) is 37.9 Å². The van der Waals surface area contributed by atoms with Crippen molar-refractivity contribution >= 4 is 17.7 Å². The van der Waals surface area contributed by atoms with Gasteiger partial charge in [-0.3, -0.25) is 0 Å². The van der Waals surface area contributed by atoms with Crippen LogP contribution in [-0.2, 0) is 14.3 Å². The lowest BCUT2D eigenvalue weighted by Crippen LogP contribution is -2.50. The fourth-order valence-corrected chi connectivity index (χ4v) is 2.59. The maximum Gasteiger partial charge on any atom is 0.410 e. The summed E-state index contributed by atoms with van der Waals surface area (Å²) in [7, 11) is 0. The number of carbonyl (C=O) groups is 2. The Balaban J connectivity index is 1.88. The van der Waals surface area contributed by atoms with Gasteiger partial charge >= 0.3 is 12.1 Å². The number of esters is 1. The zero-order chi connectivity index (χ0) is 19.2. The van der Waals surface area contributed by atoms with Crippen LogP contribution in [0.4, 0.5) is 10.5 Å². The highest BCUT2D eigenvalue weighted by Gasteiger charge is 2.26. The Morgan fingerprint density at radius 3 is 2.42 bits per heavy atom. The van der Waals surface area contributed by atoms with E-state index in [4.69, 9.17) is 14.2 Å². The molecule has 1 aromatic rings. The number of benzene rings is 1. The van der Waals surface area contributed by atoms with Crippen molar-refractivity contribution in [3.8, 4) is 5.75 Å². The molecular formula is C19H28N2O5. The molecule has 144 valence electrons. The van der Waals surface area contributed by atoms with E-state index in [1.807, 2.05) is 39.0 Å². The zero-order valence-corrected chi connectivity index (χ0v) is 16.0. The first-order valence-electron chi connectivity index (χ1n) is 8.90. The van der Waals surface area contributed by atoms with Gasteiger partial charge in [-0.25, -0.2) is 9.59 Å². The predicted octanol–water partition coefficient (Wildman–Crippen LogP) is 2.69. The molecule has 0 unspecified atom stereocenters. The van der Waals surface area contributed by atoms with Crippen LogP contribution in [0.2, 0.25) is 0 Å². The maximum absolute atomic E-state index is 12.1. The highest BCUT2D eigenvalue weighted by atomic mass is 16.6. The summed E-state index contributed by atoms with van der Waals surface area (Å²) in [5.74, 6) is 0.231. The van der Waals surface area contributed by atoms with Gasteiger partial charge in [0.2, 0.25) is 0 Å². The van der Waals surface area contributed by atoms with Gasteiger partial charge in [-0.05, 0) is 39.8 Å². The molecular weight excluding hydrogens is 336 g/mol. The maximum atomic E-state index is 12.1. The summed E-state index contributed by atoms with van der Waals surface area (Å²) in [6.45, 7) is 10.2. The highest BCUT2D eigenvalue weighted by molar-refractivity contribution is 5.71. The standard InChI is InChI=1S/C19H28N2O5/c1-5-24-17(22)14-25-16-8-6-7-15(13-16)20-9-11-21(12-10-20)18(23)26-19(2,3)4/h6-8,13H,5,9-12,14H2,1-4H3. The Morgan fingerprint density at radius 2 is 1.81 bits per heavy atom. The molecule has 0 N–H and O–H groups in total. The predicted molar refractivity (Wildman–Crippen MR) is 98.6 cm³/mol. The first kappa shape index (κ1) is 19.9. The van der Waals surface area contributed by atoms with Gasteiger partial charge < -0.3 is 24.0 Å². The summed E-state index contributed by atoms with van der Waals surface area (Å²) in [6, 6.07) is 7.57. The molecule has 0 saturated carbocycles. The van der Waals surface area contributed by atoms with E-state index < -0.39 is 5.60 Å². The molecule has 0 atom stereocenters. The number of anilines is 1. The van der Waals surface area contributed by atoms with Gasteiger partial charge in [-0.2, -0.15) is 0 Å². The monoisotopic (exact) mass is 364 g/mol. The zero-order valence-electron chi connectivity index (χ0n) is 16.0. The number of ether oxygens (including phenoxy) is 3. The van der Waals surface area contributed by atoms with Gasteiger partial charge in [-0.15, -0.1) is 0 Å². The lowest BCUT2D eigenvalue weighted by Gasteiger charge is -2.36. The Kier molecular flexibility index (Phi) is 6.71. The summed E-state index contributed by atoms with van der Waals surface area (Å²) >= 11 is 0. The number of nitrogens with zero attached hydrogens (tertiary/aromatic N) is 2. The summed E-state index contributed by atoms with van der Waals surface area (Å²) in [5.41, 5.74) is 0.508. The molecule has 7 nitrogen and oxygen atoms in total. The molecule has 1 aliphatic heterocycles. The molecule has 0 spiro atoms. The average molecular weight is 364 g/mol. The number of hydrogen-bond acceptors (Lipinski definition) is 6. The minimum atomic E-state index is -0.487. The smallest absolute Gasteiger partial charge is 0.410 e. The Bertz CT molecular complexity index is 619. The second kappa shape index (κ2) is 8.78. The topological polar surface area (TPSA) is 68.3 Å². The van der Waals surface area contributed by atoms with Crippen molar-refractivity contribution in [1.29, 1.82) is 0 Å². The first-order chi connectivity index (χ1) is 12.3. The summed E-state index contributed by atoms with van der Waals surface area (Å²) in [4.78, 5) is 27.4. The molecule has 7 heteroatoms. The fourth-order valence-electron chi connectivity index (χ4n) is 2.59. The Labute approximate surface area is 154 Å². The summed E-state index contributed by atoms with van der Waals surface area (Å²) < 4.78 is 15.8. The molecule has 0 aliphatic carbocycles. The third-order valence-corrected chi connectivity index (χ3v) is 3.78. The number of hydrogen-bond donors (Lipinski definition) is 0. The van der Waals surface area contributed by atoms with Crippen molar-refractivity contribution in [1.82, 2.24) is 4.90 Å². The van der Waals surface area contributed by atoms with Gasteiger partial charge in [0.15, 0.2) is 6.61 Å². The van der Waals surface area contributed by atoms with Crippen LogP contribution >= 0.6 is 0 Å². The third-order valence-electron chi connectivity index (χ3n) is 3.78. The molecule has 0 radical (unpaired) electrons. The molecule has 1 fully saturated rings. The molecule has 0 bridgehead atoms. The van der Waals surface area contributed by atoms with Crippen molar-refractivity contribution in [2.75, 3.05) is 44.3 Å². The van der Waals surface area contributed by atoms with E-state index in [2.05, 4.69) is 4.90 Å². The number of amides is 1. The molecule has 0 aromatic heterocycles. The summed E-state index contributed by atoms with van der Waals surface area (Å²) in [6.07, 6.45) is -0.274. The fraction of sp³-hybridized carbons (Fsp3) is 0.579. The van der Waals surface area contributed by atoms with E-state index in [1.54, 1.807) is 17.9 Å². The van der Waals surface area contributed by atoms with E-state index >= 15 is 0 Å². The second-order valence-corrected chi connectivity index (χ2v) is 7.05. The minimum absolute atomic E-state index is 0.107. The number of rotatable bonds is 5. The van der Waals surface area contributed by atoms with E-state index in [1.165, 1.54) is 0 Å². The van der Waals surface area contributed by atoms with Crippen LogP contribution in [0.25, 0.3) is 0 Å². The van der Waals surface area contributed by atoms with Gasteiger partial charge in [0.1, 0.15) is 11.4 Å². The molecule has 26 heavy (non-hydrogen) atoms. The summed E-state index contributed by atoms with van der Waals surface area (Å²) in [5, 5.41) is 0. The molecule has 2 rings (SSSR count). The molecule has 1 aromatic carbocycles. The second-order valence-electron chi connectivity index (χ2n) is 7.05. The van der Waals surface area contributed by atoms with E-state index in [9.17, 15) is 9.59 Å². The lowest BCUT2D eigenvalue weighted by molar-refractivity contribution is -0.145. The van der Waals surface area contributed by atoms with Crippen molar-refractivity contribution in [2.45, 2.75) is 33.3 Å². The van der Waals surface area contributed by atoms with Crippen molar-refractivity contribution in [3.05, 3.63) is 24.3 Å². The molecule has 1 aliphatic rings. The van der Waals surface area contributed by atoms with Crippen LogP contribution in [-0.4, -0.2) is 62.0 Å². The van der Waals surface area contributed by atoms with E-state index in [-0.39, 0.29) is 18.7 Å². The van der Waals surface area contributed by atoms with Crippen LogP contribution in [0.15, 0.2) is 24.3 Å². The van der Waals surface area contributed by atoms with Crippen molar-refractivity contribution in [3.63, 3.8) is 0 Å². The van der Waals surface area contributed by atoms with Crippen molar-refractivity contribution < 1.29 is 23.8 Å². The van der Waals surface area contributed by atoms with Crippen LogP contribution < -0.4 is 9.64 Å². The number of piperazine rings is 1. The van der Waals surface area contributed by atoms with E-state index in [0.29, 0.717) is 38.5 Å². The Morgan fingerprint density at radius 1 is 1.12 bits per heavy atom.